The molecule has 1 spiro atoms. The molecule has 0 aromatic heterocycles. The highest BCUT2D eigenvalue weighted by Gasteiger charge is 2.58. The average molecular weight is 424 g/mol. The number of hydrogen-bond acceptors (Lipinski definition) is 5. The number of phenolic OH excluding ortho intramolecular Hbond substituents is 1. The minimum atomic E-state index is -0.739. The van der Waals surface area contributed by atoms with E-state index in [1.54, 1.807) is 18.1 Å². The van der Waals surface area contributed by atoms with Crippen LogP contribution in [0.15, 0.2) is 42.5 Å². The van der Waals surface area contributed by atoms with Gasteiger partial charge in [0.2, 0.25) is 5.91 Å². The number of aromatic hydroxyl groups is 1. The molecule has 2 amide bonds. The molecule has 0 radical (unpaired) electrons. The highest BCUT2D eigenvalue weighted by atomic mass is 16.5. The van der Waals surface area contributed by atoms with Gasteiger partial charge in [-0.1, -0.05) is 31.5 Å². The van der Waals surface area contributed by atoms with E-state index < -0.39 is 5.41 Å². The number of nitrogens with zero attached hydrogens (tertiary/aromatic N) is 1. The quantitative estimate of drug-likeness (QED) is 0.666. The number of carbonyl (C=O) groups excluding carboxylic acids is 2. The Morgan fingerprint density at radius 2 is 2.06 bits per heavy atom. The second-order valence-corrected chi connectivity index (χ2v) is 8.08. The fourth-order valence-electron chi connectivity index (χ4n) is 4.92. The van der Waals surface area contributed by atoms with Gasteiger partial charge in [0.05, 0.1) is 18.1 Å². The Hall–Kier alpha value is -3.06. The van der Waals surface area contributed by atoms with Gasteiger partial charge in [0, 0.05) is 31.0 Å². The molecule has 2 aromatic rings. The van der Waals surface area contributed by atoms with E-state index >= 15 is 0 Å². The minimum absolute atomic E-state index is 0.0387. The Kier molecular flexibility index (Phi) is 5.87. The third-order valence-corrected chi connectivity index (χ3v) is 6.27. The maximum Gasteiger partial charge on any atom is 0.254 e. The van der Waals surface area contributed by atoms with Crippen molar-refractivity contribution in [2.24, 2.45) is 0 Å². The van der Waals surface area contributed by atoms with E-state index in [1.807, 2.05) is 24.3 Å². The summed E-state index contributed by atoms with van der Waals surface area (Å²) in [7, 11) is 1.58. The Balaban J connectivity index is 1.66. The number of ether oxygens (including phenoxy) is 2. The number of fused-ring (bicyclic) bond motifs is 2. The second kappa shape index (κ2) is 8.59. The Labute approximate surface area is 182 Å². The zero-order valence-electron chi connectivity index (χ0n) is 17.9. The first-order chi connectivity index (χ1) is 15.0. The lowest BCUT2D eigenvalue weighted by molar-refractivity contribution is -0.121. The van der Waals surface area contributed by atoms with Crippen LogP contribution in [0.5, 0.6) is 11.5 Å². The van der Waals surface area contributed by atoms with Crippen LogP contribution in [0, 0.1) is 0 Å². The van der Waals surface area contributed by atoms with Crippen molar-refractivity contribution in [2.45, 2.75) is 37.6 Å². The first-order valence-electron chi connectivity index (χ1n) is 10.7. The third kappa shape index (κ3) is 3.63. The van der Waals surface area contributed by atoms with Gasteiger partial charge in [0.1, 0.15) is 18.1 Å². The summed E-state index contributed by atoms with van der Waals surface area (Å²) in [5.41, 5.74) is 1.40. The number of carbonyl (C=O) groups is 2. The third-order valence-electron chi connectivity index (χ3n) is 6.27. The summed E-state index contributed by atoms with van der Waals surface area (Å²) in [6.07, 6.45) is 2.13. The summed E-state index contributed by atoms with van der Waals surface area (Å²) in [4.78, 5) is 28.5. The molecular weight excluding hydrogens is 396 g/mol. The molecule has 2 N–H and O–H groups in total. The zero-order valence-corrected chi connectivity index (χ0v) is 17.9. The molecular formula is C24H28N2O5. The predicted octanol–water partition coefficient (Wildman–Crippen LogP) is 3.32. The van der Waals surface area contributed by atoms with Crippen LogP contribution in [0.2, 0.25) is 0 Å². The number of para-hydroxylation sites is 1. The molecule has 2 aliphatic rings. The standard InChI is InChI=1S/C24H28N2O5/c1-3-6-21-24(19-7-4-5-8-20(19)25-23(24)29)9-10-26(21)22(28)16-13-17(27)15-18(14-16)31-12-11-30-2/h4-5,7-8,13-15,21,27H,3,6,9-12H2,1-2H3,(H,25,29)/t21-,24+/m0/s1. The summed E-state index contributed by atoms with van der Waals surface area (Å²) < 4.78 is 10.6. The molecule has 1 fully saturated rings. The molecule has 7 nitrogen and oxygen atoms in total. The summed E-state index contributed by atoms with van der Waals surface area (Å²) in [6, 6.07) is 12.0. The SMILES string of the molecule is CCC[C@@H]1N(C(=O)c2cc(O)cc(OCCOC)c2)CC[C@]12C(=O)Nc1ccccc12. The number of methoxy groups -OCH3 is 1. The fraction of sp³-hybridized carbons (Fsp3) is 0.417. The topological polar surface area (TPSA) is 88.1 Å². The molecule has 2 atom stereocenters. The first kappa shape index (κ1) is 21.2. The Morgan fingerprint density at radius 1 is 1.26 bits per heavy atom. The van der Waals surface area contributed by atoms with Crippen molar-refractivity contribution in [2.75, 3.05) is 32.2 Å². The van der Waals surface area contributed by atoms with Gasteiger partial charge in [-0.3, -0.25) is 9.59 Å². The Morgan fingerprint density at radius 3 is 2.84 bits per heavy atom. The van der Waals surface area contributed by atoms with E-state index in [1.165, 1.54) is 12.1 Å². The van der Waals surface area contributed by atoms with E-state index in [0.717, 1.165) is 17.7 Å². The number of nitrogens with one attached hydrogen (secondary N) is 1. The highest BCUT2D eigenvalue weighted by Crippen LogP contribution is 2.49. The molecule has 1 saturated heterocycles. The first-order valence-corrected chi connectivity index (χ1v) is 10.7. The summed E-state index contributed by atoms with van der Waals surface area (Å²) >= 11 is 0. The average Bonchev–Trinajstić information content (AvgIpc) is 3.27. The van der Waals surface area contributed by atoms with Crippen LogP contribution in [0.4, 0.5) is 5.69 Å². The van der Waals surface area contributed by atoms with E-state index in [2.05, 4.69) is 12.2 Å². The number of benzene rings is 2. The number of hydrogen-bond donors (Lipinski definition) is 2. The van der Waals surface area contributed by atoms with Crippen molar-refractivity contribution < 1.29 is 24.2 Å². The monoisotopic (exact) mass is 424 g/mol. The van der Waals surface area contributed by atoms with Crippen LogP contribution in [0.1, 0.15) is 42.1 Å². The van der Waals surface area contributed by atoms with Crippen LogP contribution in [-0.2, 0) is 14.9 Å². The van der Waals surface area contributed by atoms with Crippen LogP contribution >= 0.6 is 0 Å². The lowest BCUT2D eigenvalue weighted by Crippen LogP contribution is -2.48. The van der Waals surface area contributed by atoms with Gasteiger partial charge in [0.15, 0.2) is 0 Å². The number of phenols is 1. The van der Waals surface area contributed by atoms with E-state index in [4.69, 9.17) is 9.47 Å². The van der Waals surface area contributed by atoms with Crippen molar-refractivity contribution in [1.29, 1.82) is 0 Å². The predicted molar refractivity (Wildman–Crippen MR) is 117 cm³/mol. The van der Waals surface area contributed by atoms with Crippen molar-refractivity contribution in [3.8, 4) is 11.5 Å². The zero-order chi connectivity index (χ0) is 22.0. The molecule has 4 rings (SSSR count). The lowest BCUT2D eigenvalue weighted by Gasteiger charge is -2.34. The summed E-state index contributed by atoms with van der Waals surface area (Å²) in [5.74, 6) is 0.121. The second-order valence-electron chi connectivity index (χ2n) is 8.08. The van der Waals surface area contributed by atoms with Crippen LogP contribution < -0.4 is 10.1 Å². The molecule has 164 valence electrons. The van der Waals surface area contributed by atoms with Crippen molar-refractivity contribution in [1.82, 2.24) is 4.90 Å². The summed E-state index contributed by atoms with van der Waals surface area (Å²) in [5, 5.41) is 13.2. The van der Waals surface area contributed by atoms with E-state index in [-0.39, 0.29) is 23.6 Å². The number of likely N-dealkylation sites (tertiary alicyclic amines) is 1. The van der Waals surface area contributed by atoms with Gasteiger partial charge in [-0.15, -0.1) is 0 Å². The maximum atomic E-state index is 13.5. The van der Waals surface area contributed by atoms with Gasteiger partial charge in [-0.25, -0.2) is 0 Å². The van der Waals surface area contributed by atoms with Gasteiger partial charge < -0.3 is 24.8 Å². The van der Waals surface area contributed by atoms with Gasteiger partial charge in [-0.2, -0.15) is 0 Å². The minimum Gasteiger partial charge on any atom is -0.508 e. The molecule has 0 aliphatic carbocycles. The molecule has 2 aromatic carbocycles. The maximum absolute atomic E-state index is 13.5. The number of anilines is 1. The Bertz CT molecular complexity index is 992. The summed E-state index contributed by atoms with van der Waals surface area (Å²) in [6.45, 7) is 3.25. The van der Waals surface area contributed by atoms with Gasteiger partial charge >= 0.3 is 0 Å². The van der Waals surface area contributed by atoms with Gasteiger partial charge in [0.25, 0.3) is 5.91 Å². The van der Waals surface area contributed by atoms with Crippen LogP contribution in [0.25, 0.3) is 0 Å². The normalized spacial score (nSPS) is 21.9. The van der Waals surface area contributed by atoms with Crippen molar-refractivity contribution in [3.63, 3.8) is 0 Å². The molecule has 7 heteroatoms. The van der Waals surface area contributed by atoms with Crippen molar-refractivity contribution in [3.05, 3.63) is 53.6 Å². The van der Waals surface area contributed by atoms with Gasteiger partial charge in [-0.05, 0) is 36.6 Å². The lowest BCUT2D eigenvalue weighted by atomic mass is 9.73. The van der Waals surface area contributed by atoms with Crippen LogP contribution in [0.3, 0.4) is 0 Å². The number of amides is 2. The largest absolute Gasteiger partial charge is 0.508 e. The van der Waals surface area contributed by atoms with E-state index in [0.29, 0.717) is 43.9 Å². The molecule has 2 aliphatic heterocycles. The molecule has 31 heavy (non-hydrogen) atoms. The molecule has 0 unspecified atom stereocenters. The number of rotatable bonds is 7. The molecule has 0 bridgehead atoms. The molecule has 2 heterocycles. The van der Waals surface area contributed by atoms with E-state index in [9.17, 15) is 14.7 Å². The van der Waals surface area contributed by atoms with Crippen LogP contribution in [-0.4, -0.2) is 54.7 Å². The van der Waals surface area contributed by atoms with Crippen molar-refractivity contribution >= 4 is 17.5 Å². The highest BCUT2D eigenvalue weighted by molar-refractivity contribution is 6.08. The molecule has 0 saturated carbocycles. The smallest absolute Gasteiger partial charge is 0.254 e. The fourth-order valence-corrected chi connectivity index (χ4v) is 4.92.